The van der Waals surface area contributed by atoms with Crippen LogP contribution in [0.2, 0.25) is 0 Å². The molecule has 7 nitrogen and oxygen atoms in total. The highest BCUT2D eigenvalue weighted by Gasteiger charge is 2.31. The van der Waals surface area contributed by atoms with Crippen molar-refractivity contribution in [1.29, 1.82) is 0 Å². The smallest absolute Gasteiger partial charge is 0.243 e. The molecule has 0 saturated carbocycles. The number of nitrogens with zero attached hydrogens (tertiary/aromatic N) is 2. The van der Waals surface area contributed by atoms with Gasteiger partial charge in [0.15, 0.2) is 0 Å². The standard InChI is InChI=1S/C27H29N3O4S/c31-26(29-18-16-23(17-19-29)27(32)28-24-12-6-2-7-13-24)21-30(20-22-10-4-1-5-11-22)35(33,34)25-14-8-3-9-15-25/h1-15,23H,16-21H2,(H,28,32). The molecule has 1 fully saturated rings. The summed E-state index contributed by atoms with van der Waals surface area (Å²) in [5, 5.41) is 2.92. The first-order valence-electron chi connectivity index (χ1n) is 11.7. The minimum atomic E-state index is -3.87. The number of sulfonamides is 1. The third-order valence-corrected chi connectivity index (χ3v) is 7.96. The number of hydrogen-bond donors (Lipinski definition) is 1. The molecule has 0 aromatic heterocycles. The molecule has 1 aliphatic heterocycles. The molecular weight excluding hydrogens is 462 g/mol. The Labute approximate surface area is 206 Å². The fourth-order valence-electron chi connectivity index (χ4n) is 4.16. The Bertz CT molecular complexity index is 1230. The Balaban J connectivity index is 1.41. The average Bonchev–Trinajstić information content (AvgIpc) is 2.90. The van der Waals surface area contributed by atoms with E-state index in [4.69, 9.17) is 0 Å². The lowest BCUT2D eigenvalue weighted by Crippen LogP contribution is -2.46. The van der Waals surface area contributed by atoms with Gasteiger partial charge in [-0.25, -0.2) is 8.42 Å². The van der Waals surface area contributed by atoms with Crippen molar-refractivity contribution in [1.82, 2.24) is 9.21 Å². The number of benzene rings is 3. The van der Waals surface area contributed by atoms with E-state index >= 15 is 0 Å². The highest BCUT2D eigenvalue weighted by atomic mass is 32.2. The van der Waals surface area contributed by atoms with Crippen LogP contribution in [-0.2, 0) is 26.2 Å². The van der Waals surface area contributed by atoms with Crippen LogP contribution in [0.3, 0.4) is 0 Å². The Kier molecular flexibility index (Phi) is 7.94. The molecule has 1 saturated heterocycles. The van der Waals surface area contributed by atoms with Crippen LogP contribution in [0, 0.1) is 5.92 Å². The van der Waals surface area contributed by atoms with Crippen molar-refractivity contribution in [3.63, 3.8) is 0 Å². The van der Waals surface area contributed by atoms with Crippen LogP contribution >= 0.6 is 0 Å². The summed E-state index contributed by atoms with van der Waals surface area (Å²) in [6.45, 7) is 0.666. The number of carbonyl (C=O) groups is 2. The first-order chi connectivity index (χ1) is 16.9. The lowest BCUT2D eigenvalue weighted by molar-refractivity contribution is -0.134. The molecule has 1 N–H and O–H groups in total. The number of amides is 2. The minimum absolute atomic E-state index is 0.0549. The zero-order valence-corrected chi connectivity index (χ0v) is 20.2. The van der Waals surface area contributed by atoms with E-state index < -0.39 is 10.0 Å². The average molecular weight is 492 g/mol. The van der Waals surface area contributed by atoms with Gasteiger partial charge in [0.25, 0.3) is 0 Å². The second-order valence-corrected chi connectivity index (χ2v) is 10.5. The summed E-state index contributed by atoms with van der Waals surface area (Å²) in [5.74, 6) is -0.504. The third-order valence-electron chi connectivity index (χ3n) is 6.15. The van der Waals surface area contributed by atoms with Gasteiger partial charge in [0.2, 0.25) is 21.8 Å². The Morgan fingerprint density at radius 1 is 0.829 bits per heavy atom. The molecule has 1 aliphatic rings. The van der Waals surface area contributed by atoms with Crippen molar-refractivity contribution >= 4 is 27.5 Å². The molecule has 0 unspecified atom stereocenters. The van der Waals surface area contributed by atoms with Crippen LogP contribution in [0.5, 0.6) is 0 Å². The van der Waals surface area contributed by atoms with E-state index in [-0.39, 0.29) is 35.7 Å². The second-order valence-electron chi connectivity index (χ2n) is 8.58. The van der Waals surface area contributed by atoms with E-state index in [9.17, 15) is 18.0 Å². The molecule has 0 radical (unpaired) electrons. The first-order valence-corrected chi connectivity index (χ1v) is 13.1. The van der Waals surface area contributed by atoms with Gasteiger partial charge >= 0.3 is 0 Å². The summed E-state index contributed by atoms with van der Waals surface area (Å²) in [4.78, 5) is 27.6. The van der Waals surface area contributed by atoms with Crippen LogP contribution < -0.4 is 5.32 Å². The molecule has 2 amide bonds. The minimum Gasteiger partial charge on any atom is -0.342 e. The monoisotopic (exact) mass is 491 g/mol. The molecule has 0 spiro atoms. The summed E-state index contributed by atoms with van der Waals surface area (Å²) in [6.07, 6.45) is 1.07. The zero-order valence-electron chi connectivity index (χ0n) is 19.4. The zero-order chi connectivity index (χ0) is 24.7. The van der Waals surface area contributed by atoms with Gasteiger partial charge in [0.1, 0.15) is 0 Å². The van der Waals surface area contributed by atoms with E-state index in [1.807, 2.05) is 60.7 Å². The van der Waals surface area contributed by atoms with Gasteiger partial charge in [-0.15, -0.1) is 0 Å². The van der Waals surface area contributed by atoms with Crippen LogP contribution in [0.1, 0.15) is 18.4 Å². The number of carbonyl (C=O) groups excluding carboxylic acids is 2. The SMILES string of the molecule is O=C(Nc1ccccc1)C1CCN(C(=O)CN(Cc2ccccc2)S(=O)(=O)c2ccccc2)CC1. The molecule has 35 heavy (non-hydrogen) atoms. The van der Waals surface area contributed by atoms with Crippen LogP contribution in [0.4, 0.5) is 5.69 Å². The van der Waals surface area contributed by atoms with Crippen molar-refractivity contribution < 1.29 is 18.0 Å². The largest absolute Gasteiger partial charge is 0.342 e. The van der Waals surface area contributed by atoms with Gasteiger partial charge in [-0.1, -0.05) is 66.7 Å². The predicted molar refractivity (Wildman–Crippen MR) is 135 cm³/mol. The highest BCUT2D eigenvalue weighted by molar-refractivity contribution is 7.89. The molecule has 1 heterocycles. The Morgan fingerprint density at radius 3 is 1.97 bits per heavy atom. The molecule has 0 bridgehead atoms. The topological polar surface area (TPSA) is 86.8 Å². The number of likely N-dealkylation sites (tertiary alicyclic amines) is 1. The van der Waals surface area contributed by atoms with Gasteiger partial charge in [-0.05, 0) is 42.7 Å². The number of rotatable bonds is 8. The Morgan fingerprint density at radius 2 is 1.37 bits per heavy atom. The summed E-state index contributed by atoms with van der Waals surface area (Å²) < 4.78 is 28.0. The lowest BCUT2D eigenvalue weighted by Gasteiger charge is -2.33. The van der Waals surface area contributed by atoms with Crippen LogP contribution in [-0.4, -0.2) is 49.1 Å². The highest BCUT2D eigenvalue weighted by Crippen LogP contribution is 2.22. The van der Waals surface area contributed by atoms with E-state index in [0.29, 0.717) is 25.9 Å². The lowest BCUT2D eigenvalue weighted by atomic mass is 9.95. The second kappa shape index (κ2) is 11.3. The van der Waals surface area contributed by atoms with Gasteiger partial charge in [-0.2, -0.15) is 4.31 Å². The number of anilines is 1. The van der Waals surface area contributed by atoms with Crippen molar-refractivity contribution in [3.05, 3.63) is 96.6 Å². The van der Waals surface area contributed by atoms with Crippen LogP contribution in [0.25, 0.3) is 0 Å². The maximum atomic E-state index is 13.4. The number of piperidine rings is 1. The summed E-state index contributed by atoms with van der Waals surface area (Å²) in [6, 6.07) is 26.7. The molecule has 3 aromatic rings. The fourth-order valence-corrected chi connectivity index (χ4v) is 5.56. The molecule has 8 heteroatoms. The van der Waals surface area contributed by atoms with Crippen molar-refractivity contribution in [2.75, 3.05) is 25.0 Å². The summed E-state index contributed by atoms with van der Waals surface area (Å²) in [7, 11) is -3.87. The third kappa shape index (κ3) is 6.35. The van der Waals surface area contributed by atoms with Crippen LogP contribution in [0.15, 0.2) is 95.9 Å². The fraction of sp³-hybridized carbons (Fsp3) is 0.259. The molecule has 4 rings (SSSR count). The van der Waals surface area contributed by atoms with Gasteiger partial charge in [0.05, 0.1) is 11.4 Å². The molecule has 0 atom stereocenters. The first kappa shape index (κ1) is 24.6. The summed E-state index contributed by atoms with van der Waals surface area (Å²) in [5.41, 5.74) is 1.55. The van der Waals surface area contributed by atoms with E-state index in [1.54, 1.807) is 23.1 Å². The van der Waals surface area contributed by atoms with Crippen molar-refractivity contribution in [2.45, 2.75) is 24.3 Å². The normalized spacial score (nSPS) is 14.6. The Hall–Kier alpha value is -3.49. The molecular formula is C27H29N3O4S. The summed E-state index contributed by atoms with van der Waals surface area (Å²) >= 11 is 0. The van der Waals surface area contributed by atoms with Crippen molar-refractivity contribution in [3.8, 4) is 0 Å². The van der Waals surface area contributed by atoms with E-state index in [1.165, 1.54) is 16.4 Å². The quantitative estimate of drug-likeness (QED) is 0.520. The van der Waals surface area contributed by atoms with Crippen molar-refractivity contribution in [2.24, 2.45) is 5.92 Å². The number of hydrogen-bond acceptors (Lipinski definition) is 4. The number of para-hydroxylation sites is 1. The maximum absolute atomic E-state index is 13.4. The molecule has 182 valence electrons. The maximum Gasteiger partial charge on any atom is 0.243 e. The number of nitrogens with one attached hydrogen (secondary N) is 1. The van der Waals surface area contributed by atoms with Gasteiger partial charge in [-0.3, -0.25) is 9.59 Å². The van der Waals surface area contributed by atoms with Gasteiger partial charge in [0, 0.05) is 31.2 Å². The van der Waals surface area contributed by atoms with E-state index in [0.717, 1.165) is 11.3 Å². The molecule has 3 aromatic carbocycles. The predicted octanol–water partition coefficient (Wildman–Crippen LogP) is 3.75. The van der Waals surface area contributed by atoms with E-state index in [2.05, 4.69) is 5.32 Å². The molecule has 0 aliphatic carbocycles. The van der Waals surface area contributed by atoms with Gasteiger partial charge < -0.3 is 10.2 Å².